The maximum Gasteiger partial charge on any atom is 0.271 e. The van der Waals surface area contributed by atoms with Crippen molar-refractivity contribution in [1.82, 2.24) is 5.43 Å². The standard InChI is InChI=1S/C17H17BrN2O3/c1-11(15-6-4-5-7-16(15)18)19-20-17(21)12-8-13(22-2)10-14(9-12)23-3/h4-10H,1-3H3,(H,20,21)/b19-11-. The van der Waals surface area contributed by atoms with Crippen LogP contribution < -0.4 is 14.9 Å². The highest BCUT2D eigenvalue weighted by Crippen LogP contribution is 2.22. The van der Waals surface area contributed by atoms with E-state index in [0.717, 1.165) is 10.0 Å². The van der Waals surface area contributed by atoms with E-state index in [4.69, 9.17) is 9.47 Å². The van der Waals surface area contributed by atoms with Crippen LogP contribution >= 0.6 is 15.9 Å². The van der Waals surface area contributed by atoms with Gasteiger partial charge in [0.1, 0.15) is 11.5 Å². The number of hydrogen-bond donors (Lipinski definition) is 1. The number of hydrogen-bond acceptors (Lipinski definition) is 4. The van der Waals surface area contributed by atoms with Gasteiger partial charge in [-0.3, -0.25) is 4.79 Å². The van der Waals surface area contributed by atoms with Crippen LogP contribution in [-0.4, -0.2) is 25.8 Å². The number of nitrogens with one attached hydrogen (secondary N) is 1. The molecule has 0 spiro atoms. The summed E-state index contributed by atoms with van der Waals surface area (Å²) in [6, 6.07) is 12.6. The summed E-state index contributed by atoms with van der Waals surface area (Å²) < 4.78 is 11.2. The van der Waals surface area contributed by atoms with E-state index in [9.17, 15) is 4.79 Å². The van der Waals surface area contributed by atoms with Crippen LogP contribution in [0.5, 0.6) is 11.5 Å². The van der Waals surface area contributed by atoms with Crippen LogP contribution in [-0.2, 0) is 0 Å². The van der Waals surface area contributed by atoms with Crippen LogP contribution in [0.2, 0.25) is 0 Å². The fourth-order valence-corrected chi connectivity index (χ4v) is 2.52. The number of carbonyl (C=O) groups is 1. The lowest BCUT2D eigenvalue weighted by Gasteiger charge is -2.08. The molecule has 120 valence electrons. The van der Waals surface area contributed by atoms with Crippen molar-refractivity contribution in [3.63, 3.8) is 0 Å². The third kappa shape index (κ3) is 4.32. The van der Waals surface area contributed by atoms with Crippen molar-refractivity contribution in [1.29, 1.82) is 0 Å². The van der Waals surface area contributed by atoms with Crippen LogP contribution in [0.15, 0.2) is 52.0 Å². The number of rotatable bonds is 5. The minimum Gasteiger partial charge on any atom is -0.497 e. The first kappa shape index (κ1) is 17.0. The lowest BCUT2D eigenvalue weighted by atomic mass is 10.1. The Hall–Kier alpha value is -2.34. The molecule has 0 fully saturated rings. The highest BCUT2D eigenvalue weighted by Gasteiger charge is 2.10. The molecule has 0 aromatic heterocycles. The van der Waals surface area contributed by atoms with E-state index in [-0.39, 0.29) is 5.91 Å². The normalized spacial score (nSPS) is 11.0. The van der Waals surface area contributed by atoms with Crippen LogP contribution in [0.3, 0.4) is 0 Å². The first-order valence-corrected chi connectivity index (χ1v) is 7.67. The minimum atomic E-state index is -0.339. The molecule has 0 unspecified atom stereocenters. The highest BCUT2D eigenvalue weighted by molar-refractivity contribution is 9.10. The first-order chi connectivity index (χ1) is 11.0. The number of carbonyl (C=O) groups excluding carboxylic acids is 1. The van der Waals surface area contributed by atoms with Crippen molar-refractivity contribution in [3.8, 4) is 11.5 Å². The van der Waals surface area contributed by atoms with Crippen molar-refractivity contribution in [2.75, 3.05) is 14.2 Å². The van der Waals surface area contributed by atoms with Crippen LogP contribution in [0.25, 0.3) is 0 Å². The minimum absolute atomic E-state index is 0.339. The van der Waals surface area contributed by atoms with Gasteiger partial charge in [0, 0.05) is 21.7 Å². The predicted molar refractivity (Wildman–Crippen MR) is 93.4 cm³/mol. The molecule has 1 amide bonds. The van der Waals surface area contributed by atoms with Crippen molar-refractivity contribution >= 4 is 27.5 Å². The average Bonchev–Trinajstić information content (AvgIpc) is 2.59. The van der Waals surface area contributed by atoms with Gasteiger partial charge in [-0.1, -0.05) is 34.1 Å². The number of nitrogens with zero attached hydrogens (tertiary/aromatic N) is 1. The molecule has 0 radical (unpaired) electrons. The Balaban J connectivity index is 2.19. The largest absolute Gasteiger partial charge is 0.497 e. The number of methoxy groups -OCH3 is 2. The molecule has 0 bridgehead atoms. The Morgan fingerprint density at radius 3 is 2.26 bits per heavy atom. The summed E-state index contributed by atoms with van der Waals surface area (Å²) in [6.07, 6.45) is 0. The lowest BCUT2D eigenvalue weighted by molar-refractivity contribution is 0.0954. The summed E-state index contributed by atoms with van der Waals surface area (Å²) in [5.41, 5.74) is 4.56. The van der Waals surface area contributed by atoms with Crippen molar-refractivity contribution in [3.05, 3.63) is 58.1 Å². The predicted octanol–water partition coefficient (Wildman–Crippen LogP) is 3.62. The summed E-state index contributed by atoms with van der Waals surface area (Å²) >= 11 is 3.46. The Morgan fingerprint density at radius 2 is 1.70 bits per heavy atom. The van der Waals surface area contributed by atoms with Gasteiger partial charge in [0.25, 0.3) is 5.91 Å². The zero-order valence-electron chi connectivity index (χ0n) is 13.1. The van der Waals surface area contributed by atoms with Gasteiger partial charge < -0.3 is 9.47 Å². The second-order valence-corrected chi connectivity index (χ2v) is 5.57. The molecule has 2 aromatic rings. The summed E-state index contributed by atoms with van der Waals surface area (Å²) in [5.74, 6) is 0.746. The van der Waals surface area contributed by atoms with Crippen LogP contribution in [0.1, 0.15) is 22.8 Å². The molecular formula is C17H17BrN2O3. The Labute approximate surface area is 143 Å². The molecule has 2 rings (SSSR count). The molecule has 5 nitrogen and oxygen atoms in total. The zero-order chi connectivity index (χ0) is 16.8. The number of hydrazone groups is 1. The number of benzene rings is 2. The maximum absolute atomic E-state index is 12.3. The van der Waals surface area contributed by atoms with Gasteiger partial charge in [-0.15, -0.1) is 0 Å². The summed E-state index contributed by atoms with van der Waals surface area (Å²) in [4.78, 5) is 12.3. The molecule has 0 aliphatic rings. The molecule has 0 aliphatic heterocycles. The monoisotopic (exact) mass is 376 g/mol. The van der Waals surface area contributed by atoms with E-state index >= 15 is 0 Å². The maximum atomic E-state index is 12.3. The van der Waals surface area contributed by atoms with Crippen LogP contribution in [0, 0.1) is 0 Å². The fraction of sp³-hybridized carbons (Fsp3) is 0.176. The molecule has 6 heteroatoms. The summed E-state index contributed by atoms with van der Waals surface area (Å²) in [5, 5.41) is 4.15. The summed E-state index contributed by atoms with van der Waals surface area (Å²) in [6.45, 7) is 1.83. The summed E-state index contributed by atoms with van der Waals surface area (Å²) in [7, 11) is 3.07. The molecule has 0 aliphatic carbocycles. The van der Waals surface area contributed by atoms with Crippen molar-refractivity contribution < 1.29 is 14.3 Å². The van der Waals surface area contributed by atoms with E-state index in [1.54, 1.807) is 18.2 Å². The molecule has 23 heavy (non-hydrogen) atoms. The zero-order valence-corrected chi connectivity index (χ0v) is 14.7. The third-order valence-corrected chi connectivity index (χ3v) is 3.89. The second kappa shape index (κ2) is 7.78. The quantitative estimate of drug-likeness (QED) is 0.640. The van der Waals surface area contributed by atoms with Gasteiger partial charge in [0.2, 0.25) is 0 Å². The van der Waals surface area contributed by atoms with Gasteiger partial charge in [-0.25, -0.2) is 5.43 Å². The molecule has 0 atom stereocenters. The molecular weight excluding hydrogens is 360 g/mol. The van der Waals surface area contributed by atoms with Crippen molar-refractivity contribution in [2.45, 2.75) is 6.92 Å². The number of halogens is 1. The van der Waals surface area contributed by atoms with Crippen LogP contribution in [0.4, 0.5) is 0 Å². The third-order valence-electron chi connectivity index (χ3n) is 3.20. The second-order valence-electron chi connectivity index (χ2n) is 4.72. The fourth-order valence-electron chi connectivity index (χ4n) is 1.95. The SMILES string of the molecule is COc1cc(OC)cc(C(=O)N/N=C(/C)c2ccccc2Br)c1. The number of ether oxygens (including phenoxy) is 2. The topological polar surface area (TPSA) is 59.9 Å². The lowest BCUT2D eigenvalue weighted by Crippen LogP contribution is -2.19. The molecule has 2 aromatic carbocycles. The van der Waals surface area contributed by atoms with Gasteiger partial charge in [-0.2, -0.15) is 5.10 Å². The van der Waals surface area contributed by atoms with Crippen molar-refractivity contribution in [2.24, 2.45) is 5.10 Å². The van der Waals surface area contributed by atoms with Gasteiger partial charge >= 0.3 is 0 Å². The Morgan fingerprint density at radius 1 is 1.09 bits per heavy atom. The van der Waals surface area contributed by atoms with Gasteiger partial charge in [0.05, 0.1) is 19.9 Å². The van der Waals surface area contributed by atoms with E-state index < -0.39 is 0 Å². The van der Waals surface area contributed by atoms with E-state index in [1.165, 1.54) is 14.2 Å². The van der Waals surface area contributed by atoms with Gasteiger partial charge in [0.15, 0.2) is 0 Å². The van der Waals surface area contributed by atoms with E-state index in [2.05, 4.69) is 26.5 Å². The first-order valence-electron chi connectivity index (χ1n) is 6.87. The molecule has 0 heterocycles. The van der Waals surface area contributed by atoms with Gasteiger partial charge in [-0.05, 0) is 25.1 Å². The Kier molecular flexibility index (Phi) is 5.76. The number of amides is 1. The average molecular weight is 377 g/mol. The molecule has 0 saturated carbocycles. The highest BCUT2D eigenvalue weighted by atomic mass is 79.9. The molecule has 0 saturated heterocycles. The smallest absolute Gasteiger partial charge is 0.271 e. The van der Waals surface area contributed by atoms with E-state index in [0.29, 0.717) is 22.8 Å². The Bertz CT molecular complexity index is 722. The molecule has 1 N–H and O–H groups in total. The van der Waals surface area contributed by atoms with E-state index in [1.807, 2.05) is 31.2 Å².